The second-order valence-electron chi connectivity index (χ2n) is 8.88. The molecule has 0 aliphatic heterocycles. The summed E-state index contributed by atoms with van der Waals surface area (Å²) in [5.74, 6) is 0.899. The molecule has 0 aliphatic carbocycles. The van der Waals surface area contributed by atoms with E-state index in [1.54, 1.807) is 38.5 Å². The molecule has 0 radical (unpaired) electrons. The molecule has 1 heterocycles. The van der Waals surface area contributed by atoms with Crippen LogP contribution in [-0.2, 0) is 4.79 Å². The molecule has 4 aromatic carbocycles. The number of methoxy groups -OCH3 is 2. The topological polar surface area (TPSA) is 89.5 Å². The lowest BCUT2D eigenvalue weighted by molar-refractivity contribution is -0.115. The molecule has 2 N–H and O–H groups in total. The van der Waals surface area contributed by atoms with Crippen LogP contribution in [0.2, 0.25) is 0 Å². The van der Waals surface area contributed by atoms with E-state index in [1.165, 1.54) is 23.1 Å². The van der Waals surface area contributed by atoms with Gasteiger partial charge >= 0.3 is 0 Å². The van der Waals surface area contributed by atoms with E-state index in [9.17, 15) is 9.59 Å². The van der Waals surface area contributed by atoms with E-state index in [-0.39, 0.29) is 11.8 Å². The molecule has 206 valence electrons. The van der Waals surface area contributed by atoms with Crippen LogP contribution < -0.4 is 20.1 Å². The maximum absolute atomic E-state index is 13.6. The van der Waals surface area contributed by atoms with Crippen LogP contribution >= 0.6 is 23.1 Å². The fourth-order valence-electron chi connectivity index (χ4n) is 4.07. The van der Waals surface area contributed by atoms with Crippen LogP contribution in [0.25, 0.3) is 11.3 Å². The van der Waals surface area contributed by atoms with Crippen LogP contribution in [0.4, 0.5) is 10.8 Å². The van der Waals surface area contributed by atoms with Crippen LogP contribution in [0, 0.1) is 0 Å². The fourth-order valence-corrected chi connectivity index (χ4v) is 5.87. The van der Waals surface area contributed by atoms with Gasteiger partial charge in [0.05, 0.1) is 19.9 Å². The summed E-state index contributed by atoms with van der Waals surface area (Å²) in [6.07, 6.45) is 0. The van der Waals surface area contributed by atoms with E-state index in [1.807, 2.05) is 84.2 Å². The molecule has 9 heteroatoms. The summed E-state index contributed by atoms with van der Waals surface area (Å²) < 4.78 is 10.5. The van der Waals surface area contributed by atoms with Gasteiger partial charge in [-0.3, -0.25) is 9.59 Å². The van der Waals surface area contributed by atoms with Gasteiger partial charge < -0.3 is 20.1 Å². The molecule has 7 nitrogen and oxygen atoms in total. The van der Waals surface area contributed by atoms with E-state index >= 15 is 0 Å². The fraction of sp³-hybridized carbons (Fsp3) is 0.0938. The summed E-state index contributed by atoms with van der Waals surface area (Å²) in [5, 5.41) is 7.79. The summed E-state index contributed by atoms with van der Waals surface area (Å²) in [4.78, 5) is 31.9. The Balaban J connectivity index is 1.33. The predicted octanol–water partition coefficient (Wildman–Crippen LogP) is 7.55. The number of anilines is 2. The normalized spacial score (nSPS) is 11.4. The summed E-state index contributed by atoms with van der Waals surface area (Å²) in [6, 6.07) is 31.6. The molecule has 0 fully saturated rings. The number of nitrogens with zero attached hydrogens (tertiary/aromatic N) is 1. The monoisotopic (exact) mass is 581 g/mol. The Kier molecular flexibility index (Phi) is 8.98. The van der Waals surface area contributed by atoms with Gasteiger partial charge in [0, 0.05) is 27.1 Å². The average Bonchev–Trinajstić information content (AvgIpc) is 3.49. The van der Waals surface area contributed by atoms with Gasteiger partial charge in [0.15, 0.2) is 5.13 Å². The molecule has 5 aromatic rings. The zero-order valence-corrected chi connectivity index (χ0v) is 24.0. The molecular weight excluding hydrogens is 555 g/mol. The standard InChI is InChI=1S/C32H27N3O4S2/c1-38-25-14-6-11-22(17-25)28-20-40-32(34-28)35-31(37)29(21-9-4-3-5-10-21)41-27-16-8-13-24(19-27)33-30(36)23-12-7-15-26(18-23)39-2/h3-20,29H,1-2H3,(H,33,36)(H,34,35,37). The van der Waals surface area contributed by atoms with Crippen LogP contribution in [0.1, 0.15) is 21.2 Å². The molecule has 1 atom stereocenters. The largest absolute Gasteiger partial charge is 0.497 e. The van der Waals surface area contributed by atoms with Crippen molar-refractivity contribution < 1.29 is 19.1 Å². The van der Waals surface area contributed by atoms with Crippen molar-refractivity contribution in [1.82, 2.24) is 4.98 Å². The van der Waals surface area contributed by atoms with Gasteiger partial charge in [-0.25, -0.2) is 4.98 Å². The van der Waals surface area contributed by atoms with Crippen molar-refractivity contribution in [3.8, 4) is 22.8 Å². The third-order valence-corrected chi connectivity index (χ3v) is 8.12. The summed E-state index contributed by atoms with van der Waals surface area (Å²) in [7, 11) is 3.18. The minimum Gasteiger partial charge on any atom is -0.497 e. The first-order valence-electron chi connectivity index (χ1n) is 12.7. The lowest BCUT2D eigenvalue weighted by Crippen LogP contribution is -2.19. The lowest BCUT2D eigenvalue weighted by atomic mass is 10.1. The Bertz CT molecular complexity index is 1660. The van der Waals surface area contributed by atoms with E-state index in [2.05, 4.69) is 15.6 Å². The van der Waals surface area contributed by atoms with Crippen molar-refractivity contribution in [3.05, 3.63) is 120 Å². The molecule has 0 spiro atoms. The highest BCUT2D eigenvalue weighted by Crippen LogP contribution is 2.38. The van der Waals surface area contributed by atoms with Crippen LogP contribution in [-0.4, -0.2) is 31.0 Å². The van der Waals surface area contributed by atoms with Gasteiger partial charge in [-0.1, -0.05) is 54.6 Å². The summed E-state index contributed by atoms with van der Waals surface area (Å²) in [5.41, 5.74) is 3.62. The number of carbonyl (C=O) groups excluding carboxylic acids is 2. The SMILES string of the molecule is COc1cccc(C(=O)Nc2cccc(SC(C(=O)Nc3nc(-c4cccc(OC)c4)cs3)c3ccccc3)c2)c1. The van der Waals surface area contributed by atoms with Crippen LogP contribution in [0.5, 0.6) is 11.5 Å². The predicted molar refractivity (Wildman–Crippen MR) is 165 cm³/mol. The molecule has 0 saturated carbocycles. The number of hydrogen-bond acceptors (Lipinski definition) is 7. The highest BCUT2D eigenvalue weighted by molar-refractivity contribution is 8.00. The van der Waals surface area contributed by atoms with Crippen molar-refractivity contribution in [1.29, 1.82) is 0 Å². The maximum Gasteiger partial charge on any atom is 0.255 e. The van der Waals surface area contributed by atoms with Gasteiger partial charge in [0.1, 0.15) is 16.7 Å². The zero-order chi connectivity index (χ0) is 28.6. The van der Waals surface area contributed by atoms with E-state index in [0.717, 1.165) is 27.5 Å². The van der Waals surface area contributed by atoms with Gasteiger partial charge in [-0.2, -0.15) is 0 Å². The van der Waals surface area contributed by atoms with Crippen LogP contribution in [0.15, 0.2) is 113 Å². The second-order valence-corrected chi connectivity index (χ2v) is 10.9. The van der Waals surface area contributed by atoms with Crippen LogP contribution in [0.3, 0.4) is 0 Å². The lowest BCUT2D eigenvalue weighted by Gasteiger charge is -2.17. The number of thioether (sulfide) groups is 1. The van der Waals surface area contributed by atoms with Gasteiger partial charge in [-0.05, 0) is 54.1 Å². The minimum absolute atomic E-state index is 0.196. The van der Waals surface area contributed by atoms with Crippen molar-refractivity contribution in [3.63, 3.8) is 0 Å². The number of rotatable bonds is 10. The number of benzene rings is 4. The van der Waals surface area contributed by atoms with Crippen molar-refractivity contribution in [2.75, 3.05) is 24.9 Å². The number of aromatic nitrogens is 1. The quantitative estimate of drug-likeness (QED) is 0.166. The number of thiazole rings is 1. The smallest absolute Gasteiger partial charge is 0.255 e. The highest BCUT2D eigenvalue weighted by atomic mass is 32.2. The third kappa shape index (κ3) is 7.13. The number of hydrogen-bond donors (Lipinski definition) is 2. The van der Waals surface area contributed by atoms with Gasteiger partial charge in [0.25, 0.3) is 5.91 Å². The van der Waals surface area contributed by atoms with Gasteiger partial charge in [0.2, 0.25) is 5.91 Å². The molecule has 0 saturated heterocycles. The summed E-state index contributed by atoms with van der Waals surface area (Å²) >= 11 is 2.76. The van der Waals surface area contributed by atoms with E-state index in [0.29, 0.717) is 22.1 Å². The minimum atomic E-state index is -0.551. The molecule has 41 heavy (non-hydrogen) atoms. The molecule has 0 bridgehead atoms. The van der Waals surface area contributed by atoms with E-state index in [4.69, 9.17) is 9.47 Å². The second kappa shape index (κ2) is 13.2. The Morgan fingerprint density at radius 3 is 2.32 bits per heavy atom. The summed E-state index contributed by atoms with van der Waals surface area (Å²) in [6.45, 7) is 0. The third-order valence-electron chi connectivity index (χ3n) is 6.12. The molecule has 0 aliphatic rings. The van der Waals surface area contributed by atoms with Crippen molar-refractivity contribution in [2.45, 2.75) is 10.1 Å². The first kappa shape index (κ1) is 27.9. The van der Waals surface area contributed by atoms with Crippen molar-refractivity contribution >= 4 is 45.7 Å². The Morgan fingerprint density at radius 1 is 0.805 bits per heavy atom. The van der Waals surface area contributed by atoms with E-state index < -0.39 is 5.25 Å². The Morgan fingerprint density at radius 2 is 1.54 bits per heavy atom. The Labute approximate surface area is 246 Å². The molecular formula is C32H27N3O4S2. The number of ether oxygens (including phenoxy) is 2. The molecule has 1 unspecified atom stereocenters. The highest BCUT2D eigenvalue weighted by Gasteiger charge is 2.23. The number of amides is 2. The average molecular weight is 582 g/mol. The molecule has 2 amide bonds. The first-order chi connectivity index (χ1) is 20.0. The molecule has 5 rings (SSSR count). The zero-order valence-electron chi connectivity index (χ0n) is 22.4. The maximum atomic E-state index is 13.6. The van der Waals surface area contributed by atoms with Gasteiger partial charge in [-0.15, -0.1) is 23.1 Å². The number of nitrogens with one attached hydrogen (secondary N) is 2. The first-order valence-corrected chi connectivity index (χ1v) is 14.5. The number of carbonyl (C=O) groups is 2. The van der Waals surface area contributed by atoms with Crippen molar-refractivity contribution in [2.24, 2.45) is 0 Å². The molecule has 1 aromatic heterocycles. The Hall–Kier alpha value is -4.60.